The van der Waals surface area contributed by atoms with Crippen LogP contribution in [0.25, 0.3) is 0 Å². The minimum absolute atomic E-state index is 0.0767. The number of nitrogens with one attached hydrogen (secondary N) is 1. The van der Waals surface area contributed by atoms with E-state index >= 15 is 0 Å². The Kier molecular flexibility index (Phi) is 7.67. The first-order valence-corrected chi connectivity index (χ1v) is 11.6. The van der Waals surface area contributed by atoms with Crippen molar-refractivity contribution >= 4 is 21.6 Å². The second-order valence-electron chi connectivity index (χ2n) is 7.07. The molecule has 0 aliphatic carbocycles. The Morgan fingerprint density at radius 1 is 1.07 bits per heavy atom. The van der Waals surface area contributed by atoms with E-state index in [9.17, 15) is 13.2 Å². The zero-order chi connectivity index (χ0) is 21.6. The highest BCUT2D eigenvalue weighted by Crippen LogP contribution is 2.23. The fourth-order valence-corrected chi connectivity index (χ4v) is 3.56. The lowest BCUT2D eigenvalue weighted by atomic mass is 9.99. The van der Waals surface area contributed by atoms with Gasteiger partial charge >= 0.3 is 0 Å². The van der Waals surface area contributed by atoms with E-state index in [1.165, 1.54) is 11.4 Å². The van der Waals surface area contributed by atoms with Gasteiger partial charge in [-0.1, -0.05) is 38.1 Å². The van der Waals surface area contributed by atoms with Gasteiger partial charge in [-0.15, -0.1) is 0 Å². The molecular weight excluding hydrogens is 388 g/mol. The monoisotopic (exact) mass is 418 g/mol. The van der Waals surface area contributed by atoms with Crippen LogP contribution in [0.3, 0.4) is 0 Å². The van der Waals surface area contributed by atoms with Crippen molar-refractivity contribution in [2.45, 2.75) is 45.8 Å². The maximum atomic E-state index is 12.8. The standard InChI is InChI=1S/C22H30N2O4S/c1-6-20(19-11-9-8-10-16(19)3)23-22(25)21(7-2)28-18-14-12-17(13-15-18)24(4)29(5,26)27/h8-15,20-21H,6-7H2,1-5H3,(H,23,25). The van der Waals surface area contributed by atoms with Crippen molar-refractivity contribution in [3.63, 3.8) is 0 Å². The Morgan fingerprint density at radius 3 is 2.21 bits per heavy atom. The second-order valence-corrected chi connectivity index (χ2v) is 9.08. The van der Waals surface area contributed by atoms with Gasteiger partial charge in [0.05, 0.1) is 18.0 Å². The molecule has 0 fully saturated rings. The summed E-state index contributed by atoms with van der Waals surface area (Å²) in [5.74, 6) is 0.349. The van der Waals surface area contributed by atoms with Crippen molar-refractivity contribution in [1.82, 2.24) is 5.32 Å². The summed E-state index contributed by atoms with van der Waals surface area (Å²) < 4.78 is 30.4. The number of anilines is 1. The SMILES string of the molecule is CCC(Oc1ccc(N(C)S(C)(=O)=O)cc1)C(=O)NC(CC)c1ccccc1C. The lowest BCUT2D eigenvalue weighted by Crippen LogP contribution is -2.40. The normalized spacial score (nSPS) is 13.4. The number of ether oxygens (including phenoxy) is 1. The highest BCUT2D eigenvalue weighted by Gasteiger charge is 2.23. The Labute approximate surface area is 173 Å². The van der Waals surface area contributed by atoms with Crippen LogP contribution in [-0.2, 0) is 14.8 Å². The molecule has 2 rings (SSSR count). The smallest absolute Gasteiger partial charge is 0.261 e. The van der Waals surface area contributed by atoms with E-state index in [0.29, 0.717) is 17.9 Å². The molecule has 0 aliphatic rings. The lowest BCUT2D eigenvalue weighted by molar-refractivity contribution is -0.128. The topological polar surface area (TPSA) is 75.7 Å². The lowest BCUT2D eigenvalue weighted by Gasteiger charge is -2.24. The molecule has 1 amide bonds. The van der Waals surface area contributed by atoms with Gasteiger partial charge in [0.15, 0.2) is 6.10 Å². The number of carbonyl (C=O) groups excluding carboxylic acids is 1. The first-order chi connectivity index (χ1) is 13.7. The van der Waals surface area contributed by atoms with Crippen LogP contribution in [0.5, 0.6) is 5.75 Å². The van der Waals surface area contributed by atoms with E-state index in [1.807, 2.05) is 45.0 Å². The van der Waals surface area contributed by atoms with Gasteiger partial charge in [0.2, 0.25) is 10.0 Å². The molecule has 2 atom stereocenters. The third-order valence-electron chi connectivity index (χ3n) is 4.93. The highest BCUT2D eigenvalue weighted by atomic mass is 32.2. The first kappa shape index (κ1) is 22.7. The summed E-state index contributed by atoms with van der Waals surface area (Å²) in [7, 11) is -1.84. The number of sulfonamides is 1. The Bertz CT molecular complexity index is 926. The summed E-state index contributed by atoms with van der Waals surface area (Å²) >= 11 is 0. The van der Waals surface area contributed by atoms with Gasteiger partial charge in [-0.05, 0) is 55.2 Å². The molecule has 0 saturated carbocycles. The fraction of sp³-hybridized carbons (Fsp3) is 0.409. The second kappa shape index (κ2) is 9.78. The predicted octanol–water partition coefficient (Wildman–Crippen LogP) is 3.82. The van der Waals surface area contributed by atoms with Gasteiger partial charge in [-0.3, -0.25) is 9.10 Å². The molecule has 6 nitrogen and oxygen atoms in total. The van der Waals surface area contributed by atoms with Crippen molar-refractivity contribution in [3.05, 3.63) is 59.7 Å². The van der Waals surface area contributed by atoms with Crippen LogP contribution in [-0.4, -0.2) is 33.7 Å². The number of hydrogen-bond donors (Lipinski definition) is 1. The Balaban J connectivity index is 2.09. The maximum absolute atomic E-state index is 12.8. The largest absolute Gasteiger partial charge is 0.481 e. The number of benzene rings is 2. The molecule has 0 aromatic heterocycles. The number of rotatable bonds is 9. The zero-order valence-electron chi connectivity index (χ0n) is 17.7. The van der Waals surface area contributed by atoms with Gasteiger partial charge in [0, 0.05) is 7.05 Å². The summed E-state index contributed by atoms with van der Waals surface area (Å²) in [5.41, 5.74) is 2.77. The number of aryl methyl sites for hydroxylation is 1. The van der Waals surface area contributed by atoms with E-state index in [0.717, 1.165) is 23.8 Å². The number of nitrogens with zero attached hydrogens (tertiary/aromatic N) is 1. The van der Waals surface area contributed by atoms with Crippen LogP contribution >= 0.6 is 0 Å². The van der Waals surface area contributed by atoms with Crippen LogP contribution in [0.1, 0.15) is 43.9 Å². The first-order valence-electron chi connectivity index (χ1n) is 9.73. The molecule has 0 heterocycles. The molecule has 2 unspecified atom stereocenters. The molecule has 0 radical (unpaired) electrons. The highest BCUT2D eigenvalue weighted by molar-refractivity contribution is 7.92. The number of hydrogen-bond acceptors (Lipinski definition) is 4. The van der Waals surface area contributed by atoms with Gasteiger partial charge in [-0.25, -0.2) is 8.42 Å². The molecule has 2 aromatic rings. The molecule has 0 saturated heterocycles. The summed E-state index contributed by atoms with van der Waals surface area (Å²) in [6, 6.07) is 14.6. The van der Waals surface area contributed by atoms with E-state index in [4.69, 9.17) is 4.74 Å². The average molecular weight is 419 g/mol. The van der Waals surface area contributed by atoms with Crippen molar-refractivity contribution in [2.24, 2.45) is 0 Å². The van der Waals surface area contributed by atoms with E-state index in [1.54, 1.807) is 24.3 Å². The van der Waals surface area contributed by atoms with Crippen LogP contribution < -0.4 is 14.4 Å². The summed E-state index contributed by atoms with van der Waals surface area (Å²) in [6.07, 6.45) is 1.81. The van der Waals surface area contributed by atoms with Crippen molar-refractivity contribution < 1.29 is 17.9 Å². The molecule has 29 heavy (non-hydrogen) atoms. The Morgan fingerprint density at radius 2 is 1.69 bits per heavy atom. The van der Waals surface area contributed by atoms with Crippen LogP contribution in [0, 0.1) is 6.92 Å². The van der Waals surface area contributed by atoms with E-state index in [-0.39, 0.29) is 11.9 Å². The average Bonchev–Trinajstić information content (AvgIpc) is 2.70. The van der Waals surface area contributed by atoms with E-state index < -0.39 is 16.1 Å². The van der Waals surface area contributed by atoms with Gasteiger partial charge in [-0.2, -0.15) is 0 Å². The Hall–Kier alpha value is -2.54. The minimum atomic E-state index is -3.33. The maximum Gasteiger partial charge on any atom is 0.261 e. The van der Waals surface area contributed by atoms with Crippen molar-refractivity contribution in [1.29, 1.82) is 0 Å². The molecule has 0 spiro atoms. The van der Waals surface area contributed by atoms with Crippen LogP contribution in [0.15, 0.2) is 48.5 Å². The predicted molar refractivity (Wildman–Crippen MR) is 117 cm³/mol. The number of amides is 1. The summed E-state index contributed by atoms with van der Waals surface area (Å²) in [6.45, 7) is 5.97. The molecule has 7 heteroatoms. The van der Waals surface area contributed by atoms with Gasteiger partial charge in [0.1, 0.15) is 5.75 Å². The van der Waals surface area contributed by atoms with Gasteiger partial charge < -0.3 is 10.1 Å². The van der Waals surface area contributed by atoms with Crippen LogP contribution in [0.2, 0.25) is 0 Å². The number of carbonyl (C=O) groups is 1. The van der Waals surface area contributed by atoms with E-state index in [2.05, 4.69) is 5.32 Å². The quantitative estimate of drug-likeness (QED) is 0.672. The van der Waals surface area contributed by atoms with Crippen LogP contribution in [0.4, 0.5) is 5.69 Å². The van der Waals surface area contributed by atoms with Crippen molar-refractivity contribution in [3.8, 4) is 5.75 Å². The van der Waals surface area contributed by atoms with Gasteiger partial charge in [0.25, 0.3) is 5.91 Å². The summed E-state index contributed by atoms with van der Waals surface area (Å²) in [5, 5.41) is 3.09. The molecule has 2 aromatic carbocycles. The third kappa shape index (κ3) is 5.97. The molecular formula is C22H30N2O4S. The molecule has 0 aliphatic heterocycles. The summed E-state index contributed by atoms with van der Waals surface area (Å²) in [4.78, 5) is 12.8. The molecule has 1 N–H and O–H groups in total. The molecule has 158 valence electrons. The van der Waals surface area contributed by atoms with Crippen molar-refractivity contribution in [2.75, 3.05) is 17.6 Å². The third-order valence-corrected chi connectivity index (χ3v) is 6.13. The fourth-order valence-electron chi connectivity index (χ4n) is 3.05. The minimum Gasteiger partial charge on any atom is -0.481 e. The zero-order valence-corrected chi connectivity index (χ0v) is 18.5. The molecule has 0 bridgehead atoms.